The van der Waals surface area contributed by atoms with Crippen LogP contribution in [0.15, 0.2) is 18.2 Å². The maximum Gasteiger partial charge on any atom is 0.256 e. The van der Waals surface area contributed by atoms with Gasteiger partial charge in [0, 0.05) is 29.2 Å². The van der Waals surface area contributed by atoms with E-state index in [1.165, 1.54) is 67.6 Å². The molecule has 0 spiro atoms. The summed E-state index contributed by atoms with van der Waals surface area (Å²) in [7, 11) is 0. The molecule has 4 heteroatoms. The molecular formula is C25H31N3O. The number of nitrogens with one attached hydrogen (secondary N) is 2. The smallest absolute Gasteiger partial charge is 0.256 e. The molecule has 2 aromatic rings. The summed E-state index contributed by atoms with van der Waals surface area (Å²) in [5.41, 5.74) is 9.37. The largest absolute Gasteiger partial charge is 0.358 e. The van der Waals surface area contributed by atoms with Gasteiger partial charge in [-0.3, -0.25) is 4.79 Å². The molecule has 4 nitrogen and oxygen atoms in total. The van der Waals surface area contributed by atoms with Crippen molar-refractivity contribution in [3.05, 3.63) is 51.8 Å². The number of piperidine rings is 1. The van der Waals surface area contributed by atoms with Crippen molar-refractivity contribution in [2.45, 2.75) is 58.3 Å². The van der Waals surface area contributed by atoms with E-state index in [0.717, 1.165) is 48.3 Å². The van der Waals surface area contributed by atoms with E-state index >= 15 is 0 Å². The van der Waals surface area contributed by atoms with Crippen LogP contribution in [0.25, 0.3) is 11.6 Å². The zero-order valence-corrected chi connectivity index (χ0v) is 17.4. The number of aryl methyl sites for hydroxylation is 1. The molecule has 1 fully saturated rings. The van der Waals surface area contributed by atoms with Crippen molar-refractivity contribution < 1.29 is 4.79 Å². The summed E-state index contributed by atoms with van der Waals surface area (Å²) in [5, 5.41) is 3.05. The van der Waals surface area contributed by atoms with Gasteiger partial charge < -0.3 is 15.2 Å². The molecule has 0 unspecified atom stereocenters. The third-order valence-corrected chi connectivity index (χ3v) is 6.93. The number of aromatic nitrogens is 1. The summed E-state index contributed by atoms with van der Waals surface area (Å²) in [6.07, 6.45) is 12.0. The van der Waals surface area contributed by atoms with Crippen molar-refractivity contribution in [2.24, 2.45) is 0 Å². The lowest BCUT2D eigenvalue weighted by Crippen LogP contribution is -2.31. The van der Waals surface area contributed by atoms with Gasteiger partial charge in [0.15, 0.2) is 0 Å². The first kappa shape index (κ1) is 18.7. The van der Waals surface area contributed by atoms with Crippen molar-refractivity contribution >= 4 is 23.2 Å². The van der Waals surface area contributed by atoms with Crippen LogP contribution in [0.5, 0.6) is 0 Å². The first-order valence-corrected chi connectivity index (χ1v) is 11.3. The van der Waals surface area contributed by atoms with Crippen LogP contribution in [0.1, 0.15) is 65.7 Å². The van der Waals surface area contributed by atoms with E-state index < -0.39 is 0 Å². The second-order valence-electron chi connectivity index (χ2n) is 8.87. The van der Waals surface area contributed by atoms with Crippen molar-refractivity contribution in [1.29, 1.82) is 0 Å². The fourth-order valence-corrected chi connectivity index (χ4v) is 5.17. The van der Waals surface area contributed by atoms with E-state index in [2.05, 4.69) is 46.4 Å². The van der Waals surface area contributed by atoms with Gasteiger partial charge in [0.2, 0.25) is 0 Å². The van der Waals surface area contributed by atoms with Gasteiger partial charge in [-0.15, -0.1) is 0 Å². The van der Waals surface area contributed by atoms with Crippen LogP contribution >= 0.6 is 0 Å². The van der Waals surface area contributed by atoms with Gasteiger partial charge in [-0.05, 0) is 99.9 Å². The molecule has 1 aliphatic carbocycles. The number of benzene rings is 1. The summed E-state index contributed by atoms with van der Waals surface area (Å²) >= 11 is 0. The number of rotatable bonds is 4. The Bertz CT molecular complexity index is 963. The lowest BCUT2D eigenvalue weighted by molar-refractivity contribution is -0.110. The van der Waals surface area contributed by atoms with Crippen LogP contribution in [0.2, 0.25) is 0 Å². The molecule has 2 aliphatic heterocycles. The maximum atomic E-state index is 12.7. The molecule has 0 atom stereocenters. The molecule has 29 heavy (non-hydrogen) atoms. The second-order valence-corrected chi connectivity index (χ2v) is 8.87. The molecule has 3 aliphatic rings. The first-order chi connectivity index (χ1) is 14.2. The number of fused-ring (bicyclic) bond motifs is 2. The molecule has 0 radical (unpaired) electrons. The van der Waals surface area contributed by atoms with Gasteiger partial charge >= 0.3 is 0 Å². The molecule has 0 bridgehead atoms. The number of hydrogen-bond donors (Lipinski definition) is 2. The van der Waals surface area contributed by atoms with E-state index in [-0.39, 0.29) is 5.91 Å². The van der Waals surface area contributed by atoms with Crippen LogP contribution in [0, 0.1) is 6.92 Å². The predicted molar refractivity (Wildman–Crippen MR) is 119 cm³/mol. The standard InChI is InChI=1S/C25H31N3O/c1-17-19-7-3-4-8-22(19)26-24(17)16-21-20-15-18(9-10-23(20)27-25(21)29)11-14-28-12-5-2-6-13-28/h9-10,15-16,26H,2-8,11-14H2,1H3,(H,27,29). The minimum Gasteiger partial charge on any atom is -0.358 e. The highest BCUT2D eigenvalue weighted by atomic mass is 16.2. The Morgan fingerprint density at radius 1 is 1.07 bits per heavy atom. The lowest BCUT2D eigenvalue weighted by atomic mass is 9.94. The zero-order valence-electron chi connectivity index (χ0n) is 17.4. The maximum absolute atomic E-state index is 12.7. The number of hydrogen-bond acceptors (Lipinski definition) is 2. The monoisotopic (exact) mass is 389 g/mol. The van der Waals surface area contributed by atoms with Crippen LogP contribution in [0.4, 0.5) is 5.69 Å². The Labute approximate surface area is 173 Å². The van der Waals surface area contributed by atoms with Gasteiger partial charge in [-0.2, -0.15) is 0 Å². The molecule has 1 amide bonds. The third-order valence-electron chi connectivity index (χ3n) is 6.93. The normalized spacial score (nSPS) is 20.6. The van der Waals surface area contributed by atoms with E-state index in [4.69, 9.17) is 0 Å². The number of likely N-dealkylation sites (tertiary alicyclic amines) is 1. The molecule has 0 saturated carbocycles. The zero-order chi connectivity index (χ0) is 19.8. The minimum absolute atomic E-state index is 0.0140. The summed E-state index contributed by atoms with van der Waals surface area (Å²) < 4.78 is 0. The highest BCUT2D eigenvalue weighted by Crippen LogP contribution is 2.35. The van der Waals surface area contributed by atoms with Crippen molar-refractivity contribution in [3.8, 4) is 0 Å². The lowest BCUT2D eigenvalue weighted by Gasteiger charge is -2.26. The number of amides is 1. The molecule has 152 valence electrons. The van der Waals surface area contributed by atoms with Crippen LogP contribution < -0.4 is 5.32 Å². The Morgan fingerprint density at radius 2 is 1.90 bits per heavy atom. The van der Waals surface area contributed by atoms with E-state index in [1.807, 2.05) is 0 Å². The quantitative estimate of drug-likeness (QED) is 0.743. The Balaban J connectivity index is 1.41. The molecule has 2 N–H and O–H groups in total. The molecule has 3 heterocycles. The van der Waals surface area contributed by atoms with E-state index in [0.29, 0.717) is 0 Å². The summed E-state index contributed by atoms with van der Waals surface area (Å²) in [5.74, 6) is 0.0140. The number of carbonyl (C=O) groups is 1. The molecule has 1 aromatic carbocycles. The summed E-state index contributed by atoms with van der Waals surface area (Å²) in [6, 6.07) is 6.47. The average Bonchev–Trinajstić information content (AvgIpc) is 3.24. The summed E-state index contributed by atoms with van der Waals surface area (Å²) in [4.78, 5) is 18.9. The molecular weight excluding hydrogens is 358 g/mol. The van der Waals surface area contributed by atoms with E-state index in [9.17, 15) is 4.79 Å². The molecule has 1 aromatic heterocycles. The number of anilines is 1. The molecule has 1 saturated heterocycles. The summed E-state index contributed by atoms with van der Waals surface area (Å²) in [6.45, 7) is 5.76. The van der Waals surface area contributed by atoms with Gasteiger partial charge in [-0.1, -0.05) is 12.5 Å². The van der Waals surface area contributed by atoms with Crippen molar-refractivity contribution in [1.82, 2.24) is 9.88 Å². The van der Waals surface area contributed by atoms with Crippen LogP contribution in [-0.2, 0) is 24.1 Å². The predicted octanol–water partition coefficient (Wildman–Crippen LogP) is 4.72. The Morgan fingerprint density at radius 3 is 2.72 bits per heavy atom. The number of carbonyl (C=O) groups excluding carboxylic acids is 1. The topological polar surface area (TPSA) is 48.1 Å². The fraction of sp³-hybridized carbons (Fsp3) is 0.480. The average molecular weight is 390 g/mol. The van der Waals surface area contributed by atoms with Crippen molar-refractivity contribution in [2.75, 3.05) is 25.0 Å². The number of H-pyrrole nitrogens is 1. The highest BCUT2D eigenvalue weighted by Gasteiger charge is 2.26. The van der Waals surface area contributed by atoms with Crippen LogP contribution in [-0.4, -0.2) is 35.4 Å². The highest BCUT2D eigenvalue weighted by molar-refractivity contribution is 6.34. The van der Waals surface area contributed by atoms with Crippen molar-refractivity contribution in [3.63, 3.8) is 0 Å². The van der Waals surface area contributed by atoms with Gasteiger partial charge in [0.05, 0.1) is 5.57 Å². The molecule has 5 rings (SSSR count). The van der Waals surface area contributed by atoms with E-state index in [1.54, 1.807) is 0 Å². The number of nitrogens with zero attached hydrogens (tertiary/aromatic N) is 1. The van der Waals surface area contributed by atoms with Crippen LogP contribution in [0.3, 0.4) is 0 Å². The second kappa shape index (κ2) is 7.83. The number of aromatic amines is 1. The first-order valence-electron chi connectivity index (χ1n) is 11.3. The van der Waals surface area contributed by atoms with Gasteiger partial charge in [0.1, 0.15) is 0 Å². The Hall–Kier alpha value is -2.33. The minimum atomic E-state index is 0.0140. The van der Waals surface area contributed by atoms with Gasteiger partial charge in [0.25, 0.3) is 5.91 Å². The van der Waals surface area contributed by atoms with Gasteiger partial charge in [-0.25, -0.2) is 0 Å². The fourth-order valence-electron chi connectivity index (χ4n) is 5.17. The SMILES string of the molecule is Cc1c(C=C2C(=O)Nc3ccc(CCN4CCCCC4)cc32)[nH]c2c1CCCC2. The Kier molecular flexibility index (Phi) is 5.04. The third kappa shape index (κ3) is 3.66.